The van der Waals surface area contributed by atoms with Gasteiger partial charge in [-0.15, -0.1) is 0 Å². The van der Waals surface area contributed by atoms with Crippen LogP contribution in [-0.2, 0) is 11.3 Å². The van der Waals surface area contributed by atoms with Crippen LogP contribution in [0.2, 0.25) is 0 Å². The van der Waals surface area contributed by atoms with Crippen LogP contribution in [0, 0.1) is 0 Å². The number of hydrogen-bond acceptors (Lipinski definition) is 3. The van der Waals surface area contributed by atoms with Crippen LogP contribution < -0.4 is 4.74 Å². The normalized spacial score (nSPS) is 15.9. The summed E-state index contributed by atoms with van der Waals surface area (Å²) in [5, 5.41) is 8.99. The Hall–Kier alpha value is -1.06. The van der Waals surface area contributed by atoms with Crippen LogP contribution in [0.5, 0.6) is 5.75 Å². The molecule has 98 valence electrons. The van der Waals surface area contributed by atoms with E-state index in [1.807, 2.05) is 52.0 Å². The first-order valence-corrected chi connectivity index (χ1v) is 6.33. The minimum Gasteiger partial charge on any atom is -0.490 e. The Labute approximate surface area is 104 Å². The van der Waals surface area contributed by atoms with Crippen molar-refractivity contribution in [3.63, 3.8) is 0 Å². The van der Waals surface area contributed by atoms with Gasteiger partial charge < -0.3 is 14.6 Å². The van der Waals surface area contributed by atoms with Gasteiger partial charge in [0, 0.05) is 5.56 Å². The highest BCUT2D eigenvalue weighted by molar-refractivity contribution is 5.32. The summed E-state index contributed by atoms with van der Waals surface area (Å²) in [7, 11) is 0. The molecule has 1 aliphatic rings. The zero-order valence-corrected chi connectivity index (χ0v) is 11.3. The van der Waals surface area contributed by atoms with E-state index in [1.54, 1.807) is 0 Å². The van der Waals surface area contributed by atoms with Gasteiger partial charge in [0.05, 0.1) is 13.2 Å². The van der Waals surface area contributed by atoms with Crippen LogP contribution in [0.4, 0.5) is 0 Å². The molecule has 0 saturated carbocycles. The second-order valence-electron chi connectivity index (χ2n) is 3.03. The highest BCUT2D eigenvalue weighted by atomic mass is 16.6. The molecular weight excluding hydrogens is 216 g/mol. The van der Waals surface area contributed by atoms with E-state index >= 15 is 0 Å². The van der Waals surface area contributed by atoms with Crippen LogP contribution >= 0.6 is 0 Å². The number of rotatable bonds is 4. The van der Waals surface area contributed by atoms with E-state index < -0.39 is 0 Å². The van der Waals surface area contributed by atoms with E-state index in [1.165, 1.54) is 0 Å². The summed E-state index contributed by atoms with van der Waals surface area (Å²) in [6, 6.07) is 7.48. The van der Waals surface area contributed by atoms with E-state index in [9.17, 15) is 0 Å². The third-order valence-electron chi connectivity index (χ3n) is 1.97. The Kier molecular flexibility index (Phi) is 9.49. The van der Waals surface area contributed by atoms with Gasteiger partial charge in [-0.05, 0) is 6.07 Å². The van der Waals surface area contributed by atoms with Crippen LogP contribution in [0.15, 0.2) is 24.3 Å². The highest BCUT2D eigenvalue weighted by Crippen LogP contribution is 2.19. The van der Waals surface area contributed by atoms with Crippen molar-refractivity contribution in [1.82, 2.24) is 0 Å². The summed E-state index contributed by atoms with van der Waals surface area (Å²) in [4.78, 5) is 0. The van der Waals surface area contributed by atoms with Crippen LogP contribution in [0.3, 0.4) is 0 Å². The molecule has 1 aromatic carbocycles. The maximum Gasteiger partial charge on any atom is 0.124 e. The van der Waals surface area contributed by atoms with Crippen molar-refractivity contribution in [2.24, 2.45) is 0 Å². The lowest BCUT2D eigenvalue weighted by Gasteiger charge is -2.07. The maximum absolute atomic E-state index is 8.99. The van der Waals surface area contributed by atoms with Crippen LogP contribution in [0.1, 0.15) is 33.3 Å². The van der Waals surface area contributed by atoms with Crippen LogP contribution in [-0.4, -0.2) is 24.4 Å². The smallest absolute Gasteiger partial charge is 0.124 e. The second-order valence-corrected chi connectivity index (χ2v) is 3.03. The van der Waals surface area contributed by atoms with Gasteiger partial charge in [-0.2, -0.15) is 0 Å². The van der Waals surface area contributed by atoms with Gasteiger partial charge in [-0.1, -0.05) is 45.9 Å². The fourth-order valence-electron chi connectivity index (χ4n) is 1.12. The molecule has 1 unspecified atom stereocenters. The van der Waals surface area contributed by atoms with Crippen LogP contribution in [0.25, 0.3) is 0 Å². The molecular formula is C14H24O3. The minimum absolute atomic E-state index is 0.0156. The minimum atomic E-state index is 0.0156. The molecule has 0 bridgehead atoms. The van der Waals surface area contributed by atoms with Crippen molar-refractivity contribution in [2.45, 2.75) is 40.4 Å². The molecule has 17 heavy (non-hydrogen) atoms. The Morgan fingerprint density at radius 3 is 2.35 bits per heavy atom. The van der Waals surface area contributed by atoms with Crippen molar-refractivity contribution < 1.29 is 14.6 Å². The third kappa shape index (κ3) is 6.29. The zero-order chi connectivity index (χ0) is 13.1. The molecule has 0 amide bonds. The predicted octanol–water partition coefficient (Wildman–Crippen LogP) is 3.01. The predicted molar refractivity (Wildman–Crippen MR) is 70.3 cm³/mol. The fraction of sp³-hybridized carbons (Fsp3) is 0.571. The van der Waals surface area contributed by atoms with Gasteiger partial charge >= 0.3 is 0 Å². The molecule has 1 saturated heterocycles. The van der Waals surface area contributed by atoms with Gasteiger partial charge in [0.1, 0.15) is 18.5 Å². The summed E-state index contributed by atoms with van der Waals surface area (Å²) >= 11 is 0. The molecule has 0 aromatic heterocycles. The largest absolute Gasteiger partial charge is 0.490 e. The Morgan fingerprint density at radius 2 is 1.82 bits per heavy atom. The fourth-order valence-corrected chi connectivity index (χ4v) is 1.12. The lowest BCUT2D eigenvalue weighted by Crippen LogP contribution is -2.05. The van der Waals surface area contributed by atoms with E-state index in [4.69, 9.17) is 14.6 Å². The SMILES string of the molecule is CC.CC.OCc1ccccc1OCC1CO1. The number of para-hydroxylation sites is 1. The molecule has 1 atom stereocenters. The average Bonchev–Trinajstić information content (AvgIpc) is 3.25. The Morgan fingerprint density at radius 1 is 1.24 bits per heavy atom. The molecule has 1 heterocycles. The molecule has 2 rings (SSSR count). The number of epoxide rings is 1. The number of hydrogen-bond donors (Lipinski definition) is 1. The highest BCUT2D eigenvalue weighted by Gasteiger charge is 2.23. The van der Waals surface area contributed by atoms with E-state index in [-0.39, 0.29) is 12.7 Å². The summed E-state index contributed by atoms with van der Waals surface area (Å²) in [5.74, 6) is 0.750. The number of aliphatic hydroxyl groups is 1. The van der Waals surface area contributed by atoms with Crippen molar-refractivity contribution >= 4 is 0 Å². The molecule has 1 N–H and O–H groups in total. The van der Waals surface area contributed by atoms with Crippen molar-refractivity contribution in [3.05, 3.63) is 29.8 Å². The topological polar surface area (TPSA) is 42.0 Å². The van der Waals surface area contributed by atoms with E-state index in [2.05, 4.69) is 0 Å². The van der Waals surface area contributed by atoms with Gasteiger partial charge in [-0.3, -0.25) is 0 Å². The molecule has 3 heteroatoms. The molecule has 3 nitrogen and oxygen atoms in total. The number of benzene rings is 1. The molecule has 1 fully saturated rings. The van der Waals surface area contributed by atoms with E-state index in [0.29, 0.717) is 6.61 Å². The lowest BCUT2D eigenvalue weighted by molar-refractivity contribution is 0.243. The standard InChI is InChI=1S/C10H12O3.2C2H6/c11-5-8-3-1-2-4-10(8)13-7-9-6-12-9;2*1-2/h1-4,9,11H,5-7H2;2*1-2H3. The van der Waals surface area contributed by atoms with Gasteiger partial charge in [-0.25, -0.2) is 0 Å². The summed E-state index contributed by atoms with van der Waals surface area (Å²) < 4.78 is 10.5. The molecule has 0 spiro atoms. The third-order valence-corrected chi connectivity index (χ3v) is 1.97. The molecule has 0 aliphatic carbocycles. The first kappa shape index (κ1) is 15.9. The second kappa shape index (κ2) is 10.1. The quantitative estimate of drug-likeness (QED) is 0.823. The average molecular weight is 240 g/mol. The summed E-state index contributed by atoms with van der Waals surface area (Å²) in [5.41, 5.74) is 0.822. The molecule has 0 radical (unpaired) electrons. The molecule has 1 aliphatic heterocycles. The summed E-state index contributed by atoms with van der Waals surface area (Å²) in [6.07, 6.45) is 0.256. The first-order valence-electron chi connectivity index (χ1n) is 6.33. The lowest BCUT2D eigenvalue weighted by atomic mass is 10.2. The number of ether oxygens (including phenoxy) is 2. The van der Waals surface area contributed by atoms with Crippen molar-refractivity contribution in [1.29, 1.82) is 0 Å². The zero-order valence-electron chi connectivity index (χ0n) is 11.3. The van der Waals surface area contributed by atoms with Crippen molar-refractivity contribution in [2.75, 3.05) is 13.2 Å². The monoisotopic (exact) mass is 240 g/mol. The van der Waals surface area contributed by atoms with Gasteiger partial charge in [0.15, 0.2) is 0 Å². The maximum atomic E-state index is 8.99. The first-order chi connectivity index (χ1) is 8.40. The molecule has 1 aromatic rings. The summed E-state index contributed by atoms with van der Waals surface area (Å²) in [6.45, 7) is 9.39. The Bertz CT molecular complexity index is 283. The Balaban J connectivity index is 0.000000581. The number of aliphatic hydroxyl groups excluding tert-OH is 1. The van der Waals surface area contributed by atoms with E-state index in [0.717, 1.165) is 17.9 Å². The van der Waals surface area contributed by atoms with Gasteiger partial charge in [0.25, 0.3) is 0 Å². The van der Waals surface area contributed by atoms with Gasteiger partial charge in [0.2, 0.25) is 0 Å². The van der Waals surface area contributed by atoms with Crippen molar-refractivity contribution in [3.8, 4) is 5.75 Å².